The van der Waals surface area contributed by atoms with Gasteiger partial charge in [0.25, 0.3) is 0 Å². The molecule has 0 spiro atoms. The van der Waals surface area contributed by atoms with Crippen molar-refractivity contribution in [1.29, 1.82) is 0 Å². The molecule has 0 radical (unpaired) electrons. The van der Waals surface area contributed by atoms with Gasteiger partial charge in [-0.2, -0.15) is 0 Å². The van der Waals surface area contributed by atoms with E-state index < -0.39 is 0 Å². The maximum Gasteiger partial charge on any atom is 0.0737 e. The molecule has 0 bridgehead atoms. The number of nitrogens with zero attached hydrogens (tertiary/aromatic N) is 1. The Morgan fingerprint density at radius 1 is 1.07 bits per heavy atom. The van der Waals surface area contributed by atoms with Gasteiger partial charge in [0, 0.05) is 11.1 Å². The largest absolute Gasteiger partial charge is 0.253 e. The van der Waals surface area contributed by atoms with E-state index in [0.29, 0.717) is 0 Å². The van der Waals surface area contributed by atoms with Crippen LogP contribution in [0, 0.1) is 13.8 Å². The summed E-state index contributed by atoms with van der Waals surface area (Å²) in [5, 5.41) is 1.30. The number of aryl methyl sites for hydroxylation is 3. The van der Waals surface area contributed by atoms with E-state index in [1.54, 1.807) is 0 Å². The minimum Gasteiger partial charge on any atom is -0.253 e. The molecule has 1 nitrogen and oxygen atoms in total. The molecule has 72 valence electrons. The molecular formula is C13H15N. The second-order valence-corrected chi connectivity index (χ2v) is 3.74. The fourth-order valence-corrected chi connectivity index (χ4v) is 1.82. The molecule has 14 heavy (non-hydrogen) atoms. The van der Waals surface area contributed by atoms with Crippen LogP contribution in [0.3, 0.4) is 0 Å². The van der Waals surface area contributed by atoms with E-state index in [2.05, 4.69) is 43.1 Å². The summed E-state index contributed by atoms with van der Waals surface area (Å²) in [4.78, 5) is 4.58. The van der Waals surface area contributed by atoms with Gasteiger partial charge in [0.15, 0.2) is 0 Å². The SMILES string of the molecule is CCc1ccc(C)c2nc(C)ccc12. The van der Waals surface area contributed by atoms with Crippen molar-refractivity contribution in [2.45, 2.75) is 27.2 Å². The molecule has 0 fully saturated rings. The predicted octanol–water partition coefficient (Wildman–Crippen LogP) is 3.41. The Morgan fingerprint density at radius 3 is 2.57 bits per heavy atom. The first-order valence-electron chi connectivity index (χ1n) is 5.08. The van der Waals surface area contributed by atoms with Crippen molar-refractivity contribution in [3.05, 3.63) is 41.1 Å². The van der Waals surface area contributed by atoms with E-state index in [1.807, 2.05) is 6.92 Å². The number of hydrogen-bond acceptors (Lipinski definition) is 1. The Labute approximate surface area is 84.8 Å². The molecule has 0 saturated carbocycles. The van der Waals surface area contributed by atoms with Crippen LogP contribution in [0.1, 0.15) is 23.7 Å². The van der Waals surface area contributed by atoms with E-state index >= 15 is 0 Å². The Kier molecular flexibility index (Phi) is 2.24. The summed E-state index contributed by atoms with van der Waals surface area (Å²) in [7, 11) is 0. The Morgan fingerprint density at radius 2 is 1.86 bits per heavy atom. The normalized spacial score (nSPS) is 10.8. The predicted molar refractivity (Wildman–Crippen MR) is 60.6 cm³/mol. The summed E-state index contributed by atoms with van der Waals surface area (Å²) in [6.45, 7) is 6.34. The molecule has 1 heterocycles. The van der Waals surface area contributed by atoms with Crippen LogP contribution in [-0.4, -0.2) is 4.98 Å². The fraction of sp³-hybridized carbons (Fsp3) is 0.308. The van der Waals surface area contributed by atoms with Crippen molar-refractivity contribution >= 4 is 10.9 Å². The standard InChI is InChI=1S/C13H15N/c1-4-11-7-5-9(2)13-12(11)8-6-10(3)14-13/h5-8H,4H2,1-3H3. The van der Waals surface area contributed by atoms with E-state index in [1.165, 1.54) is 16.5 Å². The van der Waals surface area contributed by atoms with Gasteiger partial charge in [0.2, 0.25) is 0 Å². The average molecular weight is 185 g/mol. The van der Waals surface area contributed by atoms with Crippen LogP contribution < -0.4 is 0 Å². The van der Waals surface area contributed by atoms with Crippen LogP contribution in [0.25, 0.3) is 10.9 Å². The molecule has 2 aromatic rings. The van der Waals surface area contributed by atoms with Crippen molar-refractivity contribution in [1.82, 2.24) is 4.98 Å². The molecular weight excluding hydrogens is 170 g/mol. The van der Waals surface area contributed by atoms with Crippen LogP contribution in [0.4, 0.5) is 0 Å². The topological polar surface area (TPSA) is 12.9 Å². The van der Waals surface area contributed by atoms with Crippen LogP contribution >= 0.6 is 0 Å². The number of aromatic nitrogens is 1. The van der Waals surface area contributed by atoms with Gasteiger partial charge in [0.1, 0.15) is 0 Å². The van der Waals surface area contributed by atoms with E-state index in [-0.39, 0.29) is 0 Å². The van der Waals surface area contributed by atoms with Gasteiger partial charge >= 0.3 is 0 Å². The number of fused-ring (bicyclic) bond motifs is 1. The molecule has 0 aliphatic carbocycles. The molecule has 0 aliphatic heterocycles. The summed E-state index contributed by atoms with van der Waals surface area (Å²) >= 11 is 0. The molecule has 0 N–H and O–H groups in total. The highest BCUT2D eigenvalue weighted by atomic mass is 14.7. The highest BCUT2D eigenvalue weighted by Gasteiger charge is 2.03. The van der Waals surface area contributed by atoms with Crippen LogP contribution in [-0.2, 0) is 6.42 Å². The van der Waals surface area contributed by atoms with Gasteiger partial charge in [-0.05, 0) is 37.5 Å². The summed E-state index contributed by atoms with van der Waals surface area (Å²) in [5.41, 5.74) is 4.90. The number of hydrogen-bond donors (Lipinski definition) is 0. The van der Waals surface area contributed by atoms with Crippen LogP contribution in [0.2, 0.25) is 0 Å². The maximum absolute atomic E-state index is 4.58. The van der Waals surface area contributed by atoms with E-state index in [9.17, 15) is 0 Å². The van der Waals surface area contributed by atoms with Crippen molar-refractivity contribution in [3.63, 3.8) is 0 Å². The van der Waals surface area contributed by atoms with Gasteiger partial charge in [-0.1, -0.05) is 25.1 Å². The molecule has 0 unspecified atom stereocenters. The van der Waals surface area contributed by atoms with Gasteiger partial charge in [0.05, 0.1) is 5.52 Å². The van der Waals surface area contributed by atoms with Gasteiger partial charge < -0.3 is 0 Å². The third-order valence-corrected chi connectivity index (χ3v) is 2.67. The Bertz CT molecular complexity index is 472. The summed E-state index contributed by atoms with van der Waals surface area (Å²) in [6, 6.07) is 8.63. The van der Waals surface area contributed by atoms with Gasteiger partial charge in [-0.25, -0.2) is 0 Å². The van der Waals surface area contributed by atoms with Gasteiger partial charge in [-0.15, -0.1) is 0 Å². The van der Waals surface area contributed by atoms with Crippen LogP contribution in [0.15, 0.2) is 24.3 Å². The number of pyridine rings is 1. The molecule has 2 rings (SSSR count). The molecule has 0 saturated heterocycles. The van der Waals surface area contributed by atoms with Crippen molar-refractivity contribution in [3.8, 4) is 0 Å². The first kappa shape index (κ1) is 9.20. The summed E-state index contributed by atoms with van der Waals surface area (Å²) in [5.74, 6) is 0. The average Bonchev–Trinajstić information content (AvgIpc) is 2.19. The quantitative estimate of drug-likeness (QED) is 0.663. The lowest BCUT2D eigenvalue weighted by Crippen LogP contribution is -1.90. The third kappa shape index (κ3) is 1.39. The zero-order valence-electron chi connectivity index (χ0n) is 8.96. The number of rotatable bonds is 1. The first-order valence-corrected chi connectivity index (χ1v) is 5.08. The molecule has 1 heteroatoms. The minimum atomic E-state index is 1.07. The van der Waals surface area contributed by atoms with Crippen molar-refractivity contribution in [2.24, 2.45) is 0 Å². The number of benzene rings is 1. The molecule has 1 aromatic heterocycles. The summed E-state index contributed by atoms with van der Waals surface area (Å²) < 4.78 is 0. The lowest BCUT2D eigenvalue weighted by Gasteiger charge is -2.06. The zero-order valence-corrected chi connectivity index (χ0v) is 8.96. The smallest absolute Gasteiger partial charge is 0.0737 e. The highest BCUT2D eigenvalue weighted by molar-refractivity contribution is 5.85. The molecule has 1 aromatic carbocycles. The zero-order chi connectivity index (χ0) is 10.1. The Balaban J connectivity index is 2.84. The Hall–Kier alpha value is -1.37. The first-order chi connectivity index (χ1) is 6.72. The molecule has 0 aliphatic rings. The lowest BCUT2D eigenvalue weighted by molar-refractivity contribution is 1.15. The third-order valence-electron chi connectivity index (χ3n) is 2.67. The van der Waals surface area contributed by atoms with Crippen LogP contribution in [0.5, 0.6) is 0 Å². The minimum absolute atomic E-state index is 1.07. The van der Waals surface area contributed by atoms with E-state index in [0.717, 1.165) is 17.6 Å². The molecule has 0 atom stereocenters. The maximum atomic E-state index is 4.58. The monoisotopic (exact) mass is 185 g/mol. The second kappa shape index (κ2) is 3.41. The lowest BCUT2D eigenvalue weighted by atomic mass is 10.0. The fourth-order valence-electron chi connectivity index (χ4n) is 1.82. The molecule has 0 amide bonds. The summed E-state index contributed by atoms with van der Waals surface area (Å²) in [6.07, 6.45) is 1.07. The van der Waals surface area contributed by atoms with Crippen molar-refractivity contribution < 1.29 is 0 Å². The van der Waals surface area contributed by atoms with Gasteiger partial charge in [-0.3, -0.25) is 4.98 Å². The van der Waals surface area contributed by atoms with Crippen molar-refractivity contribution in [2.75, 3.05) is 0 Å². The van der Waals surface area contributed by atoms with E-state index in [4.69, 9.17) is 0 Å². The second-order valence-electron chi connectivity index (χ2n) is 3.74. The highest BCUT2D eigenvalue weighted by Crippen LogP contribution is 2.21.